The maximum absolute atomic E-state index is 13.4. The lowest BCUT2D eigenvalue weighted by molar-refractivity contribution is -0.673. The summed E-state index contributed by atoms with van der Waals surface area (Å²) in [5.74, 6) is 3.13. The average Bonchev–Trinajstić information content (AvgIpc) is 2.85. The van der Waals surface area contributed by atoms with Crippen molar-refractivity contribution >= 4 is 5.91 Å². The number of quaternary nitrogens is 1. The van der Waals surface area contributed by atoms with Crippen molar-refractivity contribution in [1.82, 2.24) is 4.90 Å². The summed E-state index contributed by atoms with van der Waals surface area (Å²) in [4.78, 5) is 15.4. The lowest BCUT2D eigenvalue weighted by atomic mass is 9.88. The van der Waals surface area contributed by atoms with E-state index in [1.54, 1.807) is 0 Å². The Kier molecular flexibility index (Phi) is 12.3. The molecule has 0 bridgehead atoms. The molecule has 37 heavy (non-hydrogen) atoms. The number of amides is 1. The SMILES string of the molecule is CCOc1ccc(CC2c3cc(OCC)c(OCC)cc3CCN2C(=O)C[NH2+]C(C)C)cc1OCC.[Cl-]. The van der Waals surface area contributed by atoms with Crippen molar-refractivity contribution in [2.45, 2.75) is 66.5 Å². The molecule has 7 nitrogen and oxygen atoms in total. The first kappa shape index (κ1) is 30.6. The summed E-state index contributed by atoms with van der Waals surface area (Å²) in [5.41, 5.74) is 3.43. The van der Waals surface area contributed by atoms with Crippen molar-refractivity contribution in [3.8, 4) is 23.0 Å². The molecule has 1 unspecified atom stereocenters. The predicted molar refractivity (Wildman–Crippen MR) is 141 cm³/mol. The second-order valence-electron chi connectivity index (χ2n) is 9.25. The molecule has 1 amide bonds. The third kappa shape index (κ3) is 7.92. The number of nitrogens with zero attached hydrogens (tertiary/aromatic N) is 1. The van der Waals surface area contributed by atoms with Crippen molar-refractivity contribution in [2.24, 2.45) is 0 Å². The Morgan fingerprint density at radius 3 is 2.05 bits per heavy atom. The molecule has 1 atom stereocenters. The van der Waals surface area contributed by atoms with E-state index in [4.69, 9.17) is 18.9 Å². The topological polar surface area (TPSA) is 73.8 Å². The molecule has 0 saturated carbocycles. The number of fused-ring (bicyclic) bond motifs is 1. The molecule has 8 heteroatoms. The minimum Gasteiger partial charge on any atom is -1.00 e. The average molecular weight is 535 g/mol. The number of carbonyl (C=O) groups is 1. The molecule has 1 aliphatic heterocycles. The highest BCUT2D eigenvalue weighted by Crippen LogP contribution is 2.40. The predicted octanol–water partition coefficient (Wildman–Crippen LogP) is 0.926. The standard InChI is InChI=1S/C29H42N2O5.ClH/c1-7-33-25-12-11-21(16-26(25)34-8-2)15-24-23-18-28(36-10-4)27(35-9-3)17-22(23)13-14-31(24)29(32)19-30-20(5)6;/h11-12,16-18,20,24,30H,7-10,13-15,19H2,1-6H3;1H. The van der Waals surface area contributed by atoms with Gasteiger partial charge in [-0.2, -0.15) is 0 Å². The third-order valence-electron chi connectivity index (χ3n) is 6.28. The van der Waals surface area contributed by atoms with Gasteiger partial charge >= 0.3 is 0 Å². The van der Waals surface area contributed by atoms with Crippen LogP contribution in [0, 0.1) is 0 Å². The van der Waals surface area contributed by atoms with Crippen LogP contribution in [0.1, 0.15) is 64.3 Å². The van der Waals surface area contributed by atoms with E-state index < -0.39 is 0 Å². The van der Waals surface area contributed by atoms with Gasteiger partial charge in [-0.1, -0.05) is 6.07 Å². The smallest absolute Gasteiger partial charge is 0.278 e. The zero-order chi connectivity index (χ0) is 26.1. The summed E-state index contributed by atoms with van der Waals surface area (Å²) in [7, 11) is 0. The second-order valence-corrected chi connectivity index (χ2v) is 9.25. The molecule has 0 fully saturated rings. The summed E-state index contributed by atoms with van der Waals surface area (Å²) in [6, 6.07) is 10.5. The maximum atomic E-state index is 13.4. The van der Waals surface area contributed by atoms with E-state index in [0.29, 0.717) is 52.0 Å². The van der Waals surface area contributed by atoms with Crippen LogP contribution in [0.15, 0.2) is 30.3 Å². The summed E-state index contributed by atoms with van der Waals surface area (Å²) in [6.45, 7) is 15.5. The van der Waals surface area contributed by atoms with Gasteiger partial charge in [0.1, 0.15) is 0 Å². The molecule has 0 saturated heterocycles. The molecular weight excluding hydrogens is 492 g/mol. The summed E-state index contributed by atoms with van der Waals surface area (Å²) < 4.78 is 23.5. The fraction of sp³-hybridized carbons (Fsp3) is 0.552. The second kappa shape index (κ2) is 14.9. The lowest BCUT2D eigenvalue weighted by Gasteiger charge is -2.38. The molecule has 0 aliphatic carbocycles. The van der Waals surface area contributed by atoms with Gasteiger partial charge in [-0.05, 0) is 95.3 Å². The van der Waals surface area contributed by atoms with Gasteiger partial charge in [0.15, 0.2) is 29.5 Å². The van der Waals surface area contributed by atoms with Crippen LogP contribution in [0.25, 0.3) is 0 Å². The molecule has 2 aromatic carbocycles. The molecule has 206 valence electrons. The van der Waals surface area contributed by atoms with Crippen LogP contribution in [-0.4, -0.2) is 56.4 Å². The van der Waals surface area contributed by atoms with E-state index in [9.17, 15) is 4.79 Å². The van der Waals surface area contributed by atoms with Crippen molar-refractivity contribution in [3.63, 3.8) is 0 Å². The number of halogens is 1. The normalized spacial score (nSPS) is 14.6. The summed E-state index contributed by atoms with van der Waals surface area (Å²) in [5, 5.41) is 2.09. The minimum absolute atomic E-state index is 0. The van der Waals surface area contributed by atoms with Crippen LogP contribution in [0.2, 0.25) is 0 Å². The van der Waals surface area contributed by atoms with E-state index in [-0.39, 0.29) is 24.4 Å². The van der Waals surface area contributed by atoms with Gasteiger partial charge < -0.3 is 41.6 Å². The van der Waals surface area contributed by atoms with Gasteiger partial charge in [0.25, 0.3) is 5.91 Å². The highest BCUT2D eigenvalue weighted by atomic mass is 35.5. The molecular formula is C29H43ClN2O5. The Morgan fingerprint density at radius 2 is 1.46 bits per heavy atom. The Hall–Kier alpha value is -2.64. The first-order valence-electron chi connectivity index (χ1n) is 13.3. The van der Waals surface area contributed by atoms with Crippen LogP contribution < -0.4 is 36.7 Å². The van der Waals surface area contributed by atoms with Crippen LogP contribution in [0.3, 0.4) is 0 Å². The zero-order valence-electron chi connectivity index (χ0n) is 23.1. The van der Waals surface area contributed by atoms with Crippen molar-refractivity contribution in [3.05, 3.63) is 47.0 Å². The summed E-state index contributed by atoms with van der Waals surface area (Å²) >= 11 is 0. The van der Waals surface area contributed by atoms with E-state index in [1.807, 2.05) is 44.7 Å². The number of ether oxygens (including phenoxy) is 4. The fourth-order valence-corrected chi connectivity index (χ4v) is 4.66. The number of rotatable bonds is 13. The van der Waals surface area contributed by atoms with E-state index in [1.165, 1.54) is 5.56 Å². The monoisotopic (exact) mass is 534 g/mol. The minimum atomic E-state index is -0.107. The molecule has 0 aromatic heterocycles. The molecule has 1 aliphatic rings. The zero-order valence-corrected chi connectivity index (χ0v) is 23.9. The van der Waals surface area contributed by atoms with Crippen LogP contribution in [0.4, 0.5) is 0 Å². The number of benzene rings is 2. The van der Waals surface area contributed by atoms with Gasteiger partial charge in [-0.25, -0.2) is 0 Å². The maximum Gasteiger partial charge on any atom is 0.278 e. The Balaban J connectivity index is 0.00000481. The van der Waals surface area contributed by atoms with Gasteiger partial charge in [0, 0.05) is 6.54 Å². The van der Waals surface area contributed by atoms with Crippen molar-refractivity contribution in [1.29, 1.82) is 0 Å². The Bertz CT molecular complexity index is 1010. The summed E-state index contributed by atoms with van der Waals surface area (Å²) in [6.07, 6.45) is 1.46. The highest BCUT2D eigenvalue weighted by molar-refractivity contribution is 5.78. The number of carbonyl (C=O) groups excluding carboxylic acids is 1. The van der Waals surface area contributed by atoms with Crippen molar-refractivity contribution < 1.29 is 41.5 Å². The number of hydrogen-bond acceptors (Lipinski definition) is 5. The third-order valence-corrected chi connectivity index (χ3v) is 6.28. The fourth-order valence-electron chi connectivity index (χ4n) is 4.66. The molecule has 2 aromatic rings. The Labute approximate surface area is 228 Å². The van der Waals surface area contributed by atoms with Gasteiger partial charge in [0.2, 0.25) is 0 Å². The Morgan fingerprint density at radius 1 is 0.892 bits per heavy atom. The van der Waals surface area contributed by atoms with E-state index in [2.05, 4.69) is 37.4 Å². The first-order chi connectivity index (χ1) is 17.4. The number of hydrogen-bond donors (Lipinski definition) is 1. The van der Waals surface area contributed by atoms with Crippen LogP contribution >= 0.6 is 0 Å². The van der Waals surface area contributed by atoms with E-state index in [0.717, 1.165) is 40.5 Å². The molecule has 1 heterocycles. The van der Waals surface area contributed by atoms with Crippen LogP contribution in [0.5, 0.6) is 23.0 Å². The largest absolute Gasteiger partial charge is 1.00 e. The highest BCUT2D eigenvalue weighted by Gasteiger charge is 2.33. The van der Waals surface area contributed by atoms with Gasteiger partial charge in [-0.3, -0.25) is 4.79 Å². The van der Waals surface area contributed by atoms with Gasteiger partial charge in [-0.15, -0.1) is 0 Å². The quantitative estimate of drug-likeness (QED) is 0.414. The molecule has 3 rings (SSSR count). The lowest BCUT2D eigenvalue weighted by Crippen LogP contribution is -3.00. The van der Waals surface area contributed by atoms with Gasteiger partial charge in [0.05, 0.1) is 38.5 Å². The number of nitrogens with two attached hydrogens (primary N) is 1. The van der Waals surface area contributed by atoms with Crippen molar-refractivity contribution in [2.75, 3.05) is 39.5 Å². The molecule has 2 N–H and O–H groups in total. The van der Waals surface area contributed by atoms with E-state index >= 15 is 0 Å². The molecule has 0 spiro atoms. The van der Waals surface area contributed by atoms with Crippen LogP contribution in [-0.2, 0) is 17.6 Å². The first-order valence-corrected chi connectivity index (χ1v) is 13.3. The molecule has 0 radical (unpaired) electrons.